The Morgan fingerprint density at radius 1 is 1.00 bits per heavy atom. The highest BCUT2D eigenvalue weighted by molar-refractivity contribution is 5.78. The summed E-state index contributed by atoms with van der Waals surface area (Å²) in [5, 5.41) is 0. The summed E-state index contributed by atoms with van der Waals surface area (Å²) in [6.07, 6.45) is 2.44. The van der Waals surface area contributed by atoms with Crippen molar-refractivity contribution < 1.29 is 14.3 Å². The van der Waals surface area contributed by atoms with Crippen LogP contribution in [0.2, 0.25) is 0 Å². The van der Waals surface area contributed by atoms with Crippen molar-refractivity contribution in [3.05, 3.63) is 29.8 Å². The van der Waals surface area contributed by atoms with E-state index in [1.54, 1.807) is 7.11 Å². The van der Waals surface area contributed by atoms with Gasteiger partial charge >= 0.3 is 0 Å². The molecule has 0 spiro atoms. The van der Waals surface area contributed by atoms with Crippen LogP contribution in [0, 0.1) is 5.92 Å². The molecule has 0 saturated carbocycles. The smallest absolute Gasteiger partial charge is 0.236 e. The van der Waals surface area contributed by atoms with Gasteiger partial charge in [0.25, 0.3) is 0 Å². The molecule has 2 heterocycles. The summed E-state index contributed by atoms with van der Waals surface area (Å²) in [5.41, 5.74) is 1.29. The Morgan fingerprint density at radius 3 is 2.24 bits per heavy atom. The molecule has 2 fully saturated rings. The SMILES string of the molecule is COc1ccc(CN2CCN(C(=O)CN3CCC(OCC(C)C)CC3)CC2)cc1. The molecule has 2 aliphatic heterocycles. The first kappa shape index (κ1) is 22.1. The van der Waals surface area contributed by atoms with Gasteiger partial charge in [-0.3, -0.25) is 14.6 Å². The van der Waals surface area contributed by atoms with Crippen LogP contribution >= 0.6 is 0 Å². The Morgan fingerprint density at radius 2 is 1.66 bits per heavy atom. The molecule has 0 aromatic heterocycles. The van der Waals surface area contributed by atoms with Gasteiger partial charge in [-0.25, -0.2) is 0 Å². The molecule has 162 valence electrons. The van der Waals surface area contributed by atoms with E-state index in [1.807, 2.05) is 17.0 Å². The molecule has 0 unspecified atom stereocenters. The van der Waals surface area contributed by atoms with Crippen LogP contribution in [0.5, 0.6) is 5.75 Å². The van der Waals surface area contributed by atoms with E-state index >= 15 is 0 Å². The predicted octanol–water partition coefficient (Wildman–Crippen LogP) is 2.48. The molecule has 0 bridgehead atoms. The molecule has 3 rings (SSSR count). The van der Waals surface area contributed by atoms with Crippen molar-refractivity contribution in [3.63, 3.8) is 0 Å². The summed E-state index contributed by atoms with van der Waals surface area (Å²) < 4.78 is 11.2. The van der Waals surface area contributed by atoms with Crippen molar-refractivity contribution in [1.82, 2.24) is 14.7 Å². The first-order valence-corrected chi connectivity index (χ1v) is 11.0. The van der Waals surface area contributed by atoms with E-state index < -0.39 is 0 Å². The maximum Gasteiger partial charge on any atom is 0.236 e. The third-order valence-electron chi connectivity index (χ3n) is 5.85. The number of likely N-dealkylation sites (tertiary alicyclic amines) is 1. The van der Waals surface area contributed by atoms with Gasteiger partial charge in [-0.1, -0.05) is 26.0 Å². The van der Waals surface area contributed by atoms with Crippen LogP contribution in [-0.2, 0) is 16.1 Å². The van der Waals surface area contributed by atoms with Crippen LogP contribution < -0.4 is 4.74 Å². The van der Waals surface area contributed by atoms with Gasteiger partial charge in [0.15, 0.2) is 0 Å². The van der Waals surface area contributed by atoms with Gasteiger partial charge in [0, 0.05) is 52.4 Å². The quantitative estimate of drug-likeness (QED) is 0.667. The van der Waals surface area contributed by atoms with Crippen LogP contribution in [0.3, 0.4) is 0 Å². The number of amides is 1. The summed E-state index contributed by atoms with van der Waals surface area (Å²) in [6, 6.07) is 8.24. The first-order valence-electron chi connectivity index (χ1n) is 11.0. The van der Waals surface area contributed by atoms with Crippen LogP contribution in [-0.4, -0.2) is 86.2 Å². The summed E-state index contributed by atoms with van der Waals surface area (Å²) in [5.74, 6) is 1.74. The molecule has 1 aromatic carbocycles. The highest BCUT2D eigenvalue weighted by Gasteiger charge is 2.25. The van der Waals surface area contributed by atoms with Crippen molar-refractivity contribution in [2.75, 3.05) is 59.5 Å². The molecule has 2 saturated heterocycles. The number of piperidine rings is 1. The maximum absolute atomic E-state index is 12.7. The van der Waals surface area contributed by atoms with E-state index in [-0.39, 0.29) is 5.91 Å². The van der Waals surface area contributed by atoms with Crippen LogP contribution in [0.15, 0.2) is 24.3 Å². The minimum absolute atomic E-state index is 0.274. The molecular weight excluding hydrogens is 366 g/mol. The number of carbonyl (C=O) groups excluding carboxylic acids is 1. The van der Waals surface area contributed by atoms with E-state index in [2.05, 4.69) is 35.8 Å². The molecule has 29 heavy (non-hydrogen) atoms. The summed E-state index contributed by atoms with van der Waals surface area (Å²) in [6.45, 7) is 12.1. The van der Waals surface area contributed by atoms with Gasteiger partial charge in [-0.15, -0.1) is 0 Å². The molecule has 0 N–H and O–H groups in total. The number of carbonyl (C=O) groups is 1. The number of hydrogen-bond donors (Lipinski definition) is 0. The van der Waals surface area contributed by atoms with Gasteiger partial charge < -0.3 is 14.4 Å². The zero-order valence-corrected chi connectivity index (χ0v) is 18.3. The van der Waals surface area contributed by atoms with Gasteiger partial charge in [0.2, 0.25) is 5.91 Å². The van der Waals surface area contributed by atoms with Crippen molar-refractivity contribution >= 4 is 5.91 Å². The van der Waals surface area contributed by atoms with Crippen molar-refractivity contribution in [3.8, 4) is 5.75 Å². The average Bonchev–Trinajstić information content (AvgIpc) is 2.74. The molecule has 1 aromatic rings. The fourth-order valence-electron chi connectivity index (χ4n) is 4.00. The molecule has 1 amide bonds. The number of nitrogens with zero attached hydrogens (tertiary/aromatic N) is 3. The minimum atomic E-state index is 0.274. The first-order chi connectivity index (χ1) is 14.0. The standard InChI is InChI=1S/C23H37N3O3/c1-19(2)18-29-22-8-10-24(11-9-22)17-23(27)26-14-12-25(13-15-26)16-20-4-6-21(28-3)7-5-20/h4-7,19,22H,8-18H2,1-3H3. The highest BCUT2D eigenvalue weighted by Crippen LogP contribution is 2.16. The number of benzene rings is 1. The topological polar surface area (TPSA) is 45.2 Å². The Hall–Kier alpha value is -1.63. The lowest BCUT2D eigenvalue weighted by molar-refractivity contribution is -0.135. The Bertz CT molecular complexity index is 619. The molecule has 6 heteroatoms. The average molecular weight is 404 g/mol. The fraction of sp³-hybridized carbons (Fsp3) is 0.696. The molecule has 0 aliphatic carbocycles. The zero-order chi connectivity index (χ0) is 20.6. The van der Waals surface area contributed by atoms with E-state index in [4.69, 9.17) is 9.47 Å². The van der Waals surface area contributed by atoms with Gasteiger partial charge in [0.05, 0.1) is 19.8 Å². The zero-order valence-electron chi connectivity index (χ0n) is 18.3. The Kier molecular flexibility index (Phi) is 8.33. The van der Waals surface area contributed by atoms with Crippen molar-refractivity contribution in [2.45, 2.75) is 39.3 Å². The number of rotatable bonds is 8. The Labute approximate surface area is 175 Å². The second-order valence-electron chi connectivity index (χ2n) is 8.71. The van der Waals surface area contributed by atoms with Gasteiger partial charge in [0.1, 0.15) is 5.75 Å². The lowest BCUT2D eigenvalue weighted by atomic mass is 10.1. The molecular formula is C23H37N3O3. The monoisotopic (exact) mass is 403 g/mol. The van der Waals surface area contributed by atoms with Crippen molar-refractivity contribution in [2.24, 2.45) is 5.92 Å². The molecule has 0 radical (unpaired) electrons. The third-order valence-corrected chi connectivity index (χ3v) is 5.85. The van der Waals surface area contributed by atoms with E-state index in [0.29, 0.717) is 18.6 Å². The largest absolute Gasteiger partial charge is 0.497 e. The number of ether oxygens (including phenoxy) is 2. The van der Waals surface area contributed by atoms with Crippen molar-refractivity contribution in [1.29, 1.82) is 0 Å². The van der Waals surface area contributed by atoms with E-state index in [0.717, 1.165) is 71.0 Å². The van der Waals surface area contributed by atoms with E-state index in [1.165, 1.54) is 5.56 Å². The van der Waals surface area contributed by atoms with Gasteiger partial charge in [-0.2, -0.15) is 0 Å². The number of piperazine rings is 1. The van der Waals surface area contributed by atoms with Crippen LogP contribution in [0.4, 0.5) is 0 Å². The Balaban J connectivity index is 1.34. The third kappa shape index (κ3) is 6.98. The predicted molar refractivity (Wildman–Crippen MR) is 115 cm³/mol. The normalized spacial score (nSPS) is 19.7. The second kappa shape index (κ2) is 11.0. The molecule has 6 nitrogen and oxygen atoms in total. The lowest BCUT2D eigenvalue weighted by Gasteiger charge is -2.37. The summed E-state index contributed by atoms with van der Waals surface area (Å²) >= 11 is 0. The summed E-state index contributed by atoms with van der Waals surface area (Å²) in [7, 11) is 1.69. The summed E-state index contributed by atoms with van der Waals surface area (Å²) in [4.78, 5) is 19.5. The number of hydrogen-bond acceptors (Lipinski definition) is 5. The minimum Gasteiger partial charge on any atom is -0.497 e. The molecule has 2 aliphatic rings. The lowest BCUT2D eigenvalue weighted by Crippen LogP contribution is -2.51. The van der Waals surface area contributed by atoms with Crippen LogP contribution in [0.25, 0.3) is 0 Å². The van der Waals surface area contributed by atoms with Gasteiger partial charge in [-0.05, 0) is 36.5 Å². The second-order valence-corrected chi connectivity index (χ2v) is 8.71. The van der Waals surface area contributed by atoms with Crippen LogP contribution in [0.1, 0.15) is 32.3 Å². The molecule has 0 atom stereocenters. The van der Waals surface area contributed by atoms with E-state index in [9.17, 15) is 4.79 Å². The fourth-order valence-corrected chi connectivity index (χ4v) is 4.00. The highest BCUT2D eigenvalue weighted by atomic mass is 16.5. The maximum atomic E-state index is 12.7. The number of methoxy groups -OCH3 is 1.